The van der Waals surface area contributed by atoms with Crippen LogP contribution < -0.4 is 14.8 Å². The van der Waals surface area contributed by atoms with E-state index in [0.29, 0.717) is 5.92 Å². The van der Waals surface area contributed by atoms with Gasteiger partial charge in [-0.05, 0) is 49.0 Å². The van der Waals surface area contributed by atoms with Crippen LogP contribution >= 0.6 is 0 Å². The minimum Gasteiger partial charge on any atom is -0.490 e. The Balaban J connectivity index is 1.69. The van der Waals surface area contributed by atoms with Crippen LogP contribution in [0.1, 0.15) is 31.2 Å². The number of hydrogen-bond acceptors (Lipinski definition) is 3. The Kier molecular flexibility index (Phi) is 3.41. The third kappa shape index (κ3) is 2.46. The molecule has 2 atom stereocenters. The first-order chi connectivity index (χ1) is 8.88. The van der Waals surface area contributed by atoms with E-state index in [1.54, 1.807) is 0 Å². The van der Waals surface area contributed by atoms with Crippen molar-refractivity contribution in [2.24, 2.45) is 5.92 Å². The van der Waals surface area contributed by atoms with Crippen LogP contribution in [0.3, 0.4) is 0 Å². The summed E-state index contributed by atoms with van der Waals surface area (Å²) in [6, 6.07) is 6.44. The second kappa shape index (κ2) is 5.19. The van der Waals surface area contributed by atoms with Crippen LogP contribution in [0.25, 0.3) is 0 Å². The van der Waals surface area contributed by atoms with E-state index in [4.69, 9.17) is 9.47 Å². The first-order valence-electron chi connectivity index (χ1n) is 6.98. The molecule has 1 heterocycles. The molecule has 1 aromatic rings. The molecule has 3 nitrogen and oxygen atoms in total. The van der Waals surface area contributed by atoms with Crippen LogP contribution in [-0.4, -0.2) is 26.3 Å². The van der Waals surface area contributed by atoms with E-state index in [2.05, 4.69) is 30.4 Å². The van der Waals surface area contributed by atoms with Gasteiger partial charge in [-0.3, -0.25) is 0 Å². The van der Waals surface area contributed by atoms with Crippen LogP contribution in [0, 0.1) is 5.92 Å². The zero-order chi connectivity index (χ0) is 12.4. The van der Waals surface area contributed by atoms with E-state index in [9.17, 15) is 0 Å². The molecule has 1 aliphatic heterocycles. The van der Waals surface area contributed by atoms with Gasteiger partial charge in [-0.15, -0.1) is 0 Å². The second-order valence-electron chi connectivity index (χ2n) is 5.17. The topological polar surface area (TPSA) is 30.5 Å². The van der Waals surface area contributed by atoms with Gasteiger partial charge in [-0.2, -0.15) is 0 Å². The van der Waals surface area contributed by atoms with Gasteiger partial charge >= 0.3 is 0 Å². The van der Waals surface area contributed by atoms with Gasteiger partial charge in [0.2, 0.25) is 0 Å². The average Bonchev–Trinajstić information content (AvgIpc) is 3.18. The summed E-state index contributed by atoms with van der Waals surface area (Å²) in [6.07, 6.45) is 2.27. The molecule has 0 amide bonds. The Morgan fingerprint density at radius 1 is 1.22 bits per heavy atom. The lowest BCUT2D eigenvalue weighted by atomic mass is 10.1. The van der Waals surface area contributed by atoms with Crippen molar-refractivity contribution in [1.29, 1.82) is 0 Å². The van der Waals surface area contributed by atoms with Gasteiger partial charge in [0.25, 0.3) is 0 Å². The lowest BCUT2D eigenvalue weighted by molar-refractivity contribution is 0.297. The summed E-state index contributed by atoms with van der Waals surface area (Å²) in [6.45, 7) is 5.88. The smallest absolute Gasteiger partial charge is 0.161 e. The summed E-state index contributed by atoms with van der Waals surface area (Å²) >= 11 is 0. The molecule has 0 aromatic heterocycles. The number of hydrogen-bond donors (Lipinski definition) is 1. The number of ether oxygens (including phenoxy) is 2. The van der Waals surface area contributed by atoms with E-state index in [0.717, 1.165) is 50.1 Å². The highest BCUT2D eigenvalue weighted by Gasteiger charge is 2.38. The molecule has 3 heteroatoms. The molecule has 0 bridgehead atoms. The molecule has 0 radical (unpaired) electrons. The van der Waals surface area contributed by atoms with Crippen LogP contribution in [0.5, 0.6) is 11.5 Å². The number of rotatable bonds is 4. The van der Waals surface area contributed by atoms with Gasteiger partial charge in [0.1, 0.15) is 0 Å². The summed E-state index contributed by atoms with van der Waals surface area (Å²) in [7, 11) is 0. The molecular formula is C15H21NO2. The van der Waals surface area contributed by atoms with Crippen molar-refractivity contribution in [3.63, 3.8) is 0 Å². The molecule has 1 saturated carbocycles. The van der Waals surface area contributed by atoms with Gasteiger partial charge in [0.15, 0.2) is 11.5 Å². The molecule has 1 N–H and O–H groups in total. The highest BCUT2D eigenvalue weighted by molar-refractivity contribution is 5.45. The SMILES string of the molecule is CCNCC1CC1c1ccc2c(c1)OCCCO2. The highest BCUT2D eigenvalue weighted by Crippen LogP contribution is 2.48. The summed E-state index contributed by atoms with van der Waals surface area (Å²) in [5.74, 6) is 3.34. The molecular weight excluding hydrogens is 226 g/mol. The molecule has 0 spiro atoms. The molecule has 18 heavy (non-hydrogen) atoms. The maximum Gasteiger partial charge on any atom is 0.161 e. The first kappa shape index (κ1) is 11.8. The Hall–Kier alpha value is -1.22. The fourth-order valence-electron chi connectivity index (χ4n) is 2.62. The maximum absolute atomic E-state index is 5.74. The molecule has 1 aromatic carbocycles. The minimum absolute atomic E-state index is 0.709. The van der Waals surface area contributed by atoms with E-state index in [1.807, 2.05) is 0 Å². The van der Waals surface area contributed by atoms with Crippen molar-refractivity contribution in [2.75, 3.05) is 26.3 Å². The lowest BCUT2D eigenvalue weighted by Gasteiger charge is -2.09. The molecule has 2 aliphatic rings. The number of benzene rings is 1. The average molecular weight is 247 g/mol. The largest absolute Gasteiger partial charge is 0.490 e. The van der Waals surface area contributed by atoms with Gasteiger partial charge in [0, 0.05) is 6.42 Å². The van der Waals surface area contributed by atoms with Crippen molar-refractivity contribution >= 4 is 0 Å². The minimum atomic E-state index is 0.709. The Labute approximate surface area is 108 Å². The van der Waals surface area contributed by atoms with E-state index >= 15 is 0 Å². The van der Waals surface area contributed by atoms with E-state index in [1.165, 1.54) is 12.0 Å². The second-order valence-corrected chi connectivity index (χ2v) is 5.17. The van der Waals surface area contributed by atoms with Crippen molar-refractivity contribution in [3.05, 3.63) is 23.8 Å². The lowest BCUT2D eigenvalue weighted by Crippen LogP contribution is -2.16. The maximum atomic E-state index is 5.74. The molecule has 1 fully saturated rings. The fraction of sp³-hybridized carbons (Fsp3) is 0.600. The number of nitrogens with one attached hydrogen (secondary N) is 1. The van der Waals surface area contributed by atoms with Crippen molar-refractivity contribution in [1.82, 2.24) is 5.32 Å². The van der Waals surface area contributed by atoms with Gasteiger partial charge in [-0.1, -0.05) is 13.0 Å². The van der Waals surface area contributed by atoms with Crippen LogP contribution in [0.15, 0.2) is 18.2 Å². The zero-order valence-electron chi connectivity index (χ0n) is 10.9. The highest BCUT2D eigenvalue weighted by atomic mass is 16.5. The third-order valence-corrected chi connectivity index (χ3v) is 3.78. The van der Waals surface area contributed by atoms with Crippen LogP contribution in [0.2, 0.25) is 0 Å². The number of fused-ring (bicyclic) bond motifs is 1. The third-order valence-electron chi connectivity index (χ3n) is 3.78. The van der Waals surface area contributed by atoms with Crippen molar-refractivity contribution in [3.8, 4) is 11.5 Å². The van der Waals surface area contributed by atoms with Crippen LogP contribution in [-0.2, 0) is 0 Å². The first-order valence-corrected chi connectivity index (χ1v) is 6.98. The van der Waals surface area contributed by atoms with Crippen LogP contribution in [0.4, 0.5) is 0 Å². The van der Waals surface area contributed by atoms with Crippen molar-refractivity contribution in [2.45, 2.75) is 25.7 Å². The van der Waals surface area contributed by atoms with Crippen molar-refractivity contribution < 1.29 is 9.47 Å². The van der Waals surface area contributed by atoms with Gasteiger partial charge in [0.05, 0.1) is 13.2 Å². The predicted octanol–water partition coefficient (Wildman–Crippen LogP) is 2.56. The Morgan fingerprint density at radius 3 is 2.89 bits per heavy atom. The fourth-order valence-corrected chi connectivity index (χ4v) is 2.62. The summed E-state index contributed by atoms with van der Waals surface area (Å²) < 4.78 is 11.4. The molecule has 98 valence electrons. The van der Waals surface area contributed by atoms with Gasteiger partial charge in [-0.25, -0.2) is 0 Å². The zero-order valence-corrected chi connectivity index (χ0v) is 10.9. The predicted molar refractivity (Wildman–Crippen MR) is 71.4 cm³/mol. The normalized spacial score (nSPS) is 25.6. The standard InChI is InChI=1S/C15H21NO2/c1-2-16-10-12-8-13(12)11-4-5-14-15(9-11)18-7-3-6-17-14/h4-5,9,12-13,16H,2-3,6-8,10H2,1H3. The molecule has 0 saturated heterocycles. The monoisotopic (exact) mass is 247 g/mol. The van der Waals surface area contributed by atoms with E-state index in [-0.39, 0.29) is 0 Å². The summed E-state index contributed by atoms with van der Waals surface area (Å²) in [4.78, 5) is 0. The molecule has 1 aliphatic carbocycles. The molecule has 2 unspecified atom stereocenters. The summed E-state index contributed by atoms with van der Waals surface area (Å²) in [5, 5.41) is 3.43. The summed E-state index contributed by atoms with van der Waals surface area (Å²) in [5.41, 5.74) is 1.40. The van der Waals surface area contributed by atoms with Gasteiger partial charge < -0.3 is 14.8 Å². The Morgan fingerprint density at radius 2 is 2.06 bits per heavy atom. The Bertz CT molecular complexity index is 419. The molecule has 3 rings (SSSR count). The quantitative estimate of drug-likeness (QED) is 0.887. The van der Waals surface area contributed by atoms with E-state index < -0.39 is 0 Å².